The Morgan fingerprint density at radius 1 is 1.37 bits per heavy atom. The second-order valence-electron chi connectivity index (χ2n) is 4.45. The van der Waals surface area contributed by atoms with Crippen LogP contribution in [0.15, 0.2) is 6.33 Å². The van der Waals surface area contributed by atoms with Crippen LogP contribution < -0.4 is 5.32 Å². The van der Waals surface area contributed by atoms with Crippen LogP contribution in [-0.4, -0.2) is 46.0 Å². The lowest BCUT2D eigenvalue weighted by Crippen LogP contribution is -2.33. The lowest BCUT2D eigenvalue weighted by Gasteiger charge is -2.26. The molecular formula is C11H16ClN5O2. The Balaban J connectivity index is 1.92. The topological polar surface area (TPSA) is 84.2 Å². The highest BCUT2D eigenvalue weighted by Gasteiger charge is 2.21. The standard InChI is InChI=1S/C11H16ClN5O2/c12-10-9(17(18)19)11(15-8-14-10)13-4-7-16-5-2-1-3-6-16/h8H,1-7H2,(H,13,14,15). The lowest BCUT2D eigenvalue weighted by molar-refractivity contribution is -0.384. The quantitative estimate of drug-likeness (QED) is 0.505. The van der Waals surface area contributed by atoms with Gasteiger partial charge in [-0.05, 0) is 25.9 Å². The molecule has 8 heteroatoms. The highest BCUT2D eigenvalue weighted by atomic mass is 35.5. The minimum atomic E-state index is -0.564. The Bertz CT molecular complexity index is 451. The molecule has 1 aromatic heterocycles. The monoisotopic (exact) mass is 285 g/mol. The van der Waals surface area contributed by atoms with E-state index in [2.05, 4.69) is 20.2 Å². The van der Waals surface area contributed by atoms with Gasteiger partial charge < -0.3 is 10.2 Å². The van der Waals surface area contributed by atoms with E-state index in [1.54, 1.807) is 0 Å². The van der Waals surface area contributed by atoms with Crippen molar-refractivity contribution in [1.29, 1.82) is 0 Å². The van der Waals surface area contributed by atoms with E-state index in [-0.39, 0.29) is 16.7 Å². The number of nitrogens with zero attached hydrogens (tertiary/aromatic N) is 4. The molecule has 0 aliphatic carbocycles. The zero-order valence-corrected chi connectivity index (χ0v) is 11.3. The van der Waals surface area contributed by atoms with E-state index in [1.165, 1.54) is 25.6 Å². The van der Waals surface area contributed by atoms with Gasteiger partial charge in [0.25, 0.3) is 0 Å². The summed E-state index contributed by atoms with van der Waals surface area (Å²) in [4.78, 5) is 20.2. The first kappa shape index (κ1) is 14.0. The van der Waals surface area contributed by atoms with Crippen LogP contribution in [-0.2, 0) is 0 Å². The van der Waals surface area contributed by atoms with Crippen molar-refractivity contribution in [2.24, 2.45) is 0 Å². The van der Waals surface area contributed by atoms with Gasteiger partial charge in [0.2, 0.25) is 11.0 Å². The molecule has 2 heterocycles. The Labute approximate surface area is 116 Å². The van der Waals surface area contributed by atoms with Gasteiger partial charge in [0.05, 0.1) is 4.92 Å². The van der Waals surface area contributed by atoms with Gasteiger partial charge in [0.15, 0.2) is 0 Å². The van der Waals surface area contributed by atoms with E-state index in [9.17, 15) is 10.1 Å². The predicted octanol–water partition coefficient (Wildman–Crippen LogP) is 1.94. The third-order valence-electron chi connectivity index (χ3n) is 3.13. The van der Waals surface area contributed by atoms with Gasteiger partial charge >= 0.3 is 5.69 Å². The van der Waals surface area contributed by atoms with Crippen molar-refractivity contribution in [1.82, 2.24) is 14.9 Å². The maximum atomic E-state index is 10.9. The summed E-state index contributed by atoms with van der Waals surface area (Å²) < 4.78 is 0. The SMILES string of the molecule is O=[N+]([O-])c1c(Cl)ncnc1NCCN1CCCCC1. The van der Waals surface area contributed by atoms with Crippen LogP contribution in [0.3, 0.4) is 0 Å². The van der Waals surface area contributed by atoms with E-state index < -0.39 is 4.92 Å². The summed E-state index contributed by atoms with van der Waals surface area (Å²) >= 11 is 5.71. The second kappa shape index (κ2) is 6.63. The molecule has 1 aliphatic rings. The molecule has 1 fully saturated rings. The Morgan fingerprint density at radius 3 is 2.79 bits per heavy atom. The van der Waals surface area contributed by atoms with Gasteiger partial charge in [-0.1, -0.05) is 18.0 Å². The minimum absolute atomic E-state index is 0.138. The molecule has 2 rings (SSSR count). The average Bonchev–Trinajstić information content (AvgIpc) is 2.39. The van der Waals surface area contributed by atoms with Crippen molar-refractivity contribution in [2.45, 2.75) is 19.3 Å². The van der Waals surface area contributed by atoms with Gasteiger partial charge in [-0.2, -0.15) is 0 Å². The second-order valence-corrected chi connectivity index (χ2v) is 4.81. The fraction of sp³-hybridized carbons (Fsp3) is 0.636. The molecular weight excluding hydrogens is 270 g/mol. The number of rotatable bonds is 5. The Hall–Kier alpha value is -1.47. The molecule has 1 aromatic rings. The molecule has 19 heavy (non-hydrogen) atoms. The molecule has 0 amide bonds. The van der Waals surface area contributed by atoms with E-state index >= 15 is 0 Å². The minimum Gasteiger partial charge on any atom is -0.363 e. The maximum absolute atomic E-state index is 10.9. The summed E-state index contributed by atoms with van der Waals surface area (Å²) in [6.45, 7) is 3.63. The summed E-state index contributed by atoms with van der Waals surface area (Å²) in [6, 6.07) is 0. The molecule has 1 aliphatic heterocycles. The molecule has 0 unspecified atom stereocenters. The fourth-order valence-electron chi connectivity index (χ4n) is 2.16. The molecule has 0 radical (unpaired) electrons. The van der Waals surface area contributed by atoms with Gasteiger partial charge in [0, 0.05) is 13.1 Å². The number of halogens is 1. The largest absolute Gasteiger partial charge is 0.363 e. The van der Waals surface area contributed by atoms with Crippen molar-refractivity contribution < 1.29 is 4.92 Å². The van der Waals surface area contributed by atoms with E-state index in [4.69, 9.17) is 11.6 Å². The first-order chi connectivity index (χ1) is 9.18. The Kier molecular flexibility index (Phi) is 4.86. The number of hydrogen-bond acceptors (Lipinski definition) is 6. The van der Waals surface area contributed by atoms with E-state index in [0.717, 1.165) is 19.6 Å². The number of nitro groups is 1. The van der Waals surface area contributed by atoms with Gasteiger partial charge in [-0.25, -0.2) is 9.97 Å². The molecule has 1 saturated heterocycles. The Morgan fingerprint density at radius 2 is 2.11 bits per heavy atom. The number of aromatic nitrogens is 2. The molecule has 7 nitrogen and oxygen atoms in total. The molecule has 0 bridgehead atoms. The third-order valence-corrected chi connectivity index (χ3v) is 3.41. The number of piperidine rings is 1. The predicted molar refractivity (Wildman–Crippen MR) is 72.5 cm³/mol. The summed E-state index contributed by atoms with van der Waals surface area (Å²) in [5.74, 6) is 0.182. The van der Waals surface area contributed by atoms with Crippen molar-refractivity contribution in [2.75, 3.05) is 31.5 Å². The molecule has 104 valence electrons. The summed E-state index contributed by atoms with van der Waals surface area (Å²) in [6.07, 6.45) is 4.95. The van der Waals surface area contributed by atoms with Crippen molar-refractivity contribution in [3.05, 3.63) is 21.6 Å². The first-order valence-corrected chi connectivity index (χ1v) is 6.67. The van der Waals surface area contributed by atoms with E-state index in [1.807, 2.05) is 0 Å². The smallest absolute Gasteiger partial charge is 0.348 e. The maximum Gasteiger partial charge on any atom is 0.348 e. The zero-order chi connectivity index (χ0) is 13.7. The molecule has 0 atom stereocenters. The number of hydrogen-bond donors (Lipinski definition) is 1. The highest BCUT2D eigenvalue weighted by Crippen LogP contribution is 2.27. The van der Waals surface area contributed by atoms with Gasteiger partial charge in [0.1, 0.15) is 6.33 Å². The first-order valence-electron chi connectivity index (χ1n) is 6.29. The van der Waals surface area contributed by atoms with Gasteiger partial charge in [-0.3, -0.25) is 10.1 Å². The van der Waals surface area contributed by atoms with Crippen LogP contribution in [0.4, 0.5) is 11.5 Å². The average molecular weight is 286 g/mol. The van der Waals surface area contributed by atoms with Crippen LogP contribution in [0.5, 0.6) is 0 Å². The van der Waals surface area contributed by atoms with Crippen molar-refractivity contribution >= 4 is 23.1 Å². The van der Waals surface area contributed by atoms with Crippen LogP contribution in [0, 0.1) is 10.1 Å². The summed E-state index contributed by atoms with van der Waals surface area (Å²) in [5, 5.41) is 13.7. The van der Waals surface area contributed by atoms with Crippen LogP contribution in [0.25, 0.3) is 0 Å². The normalized spacial score (nSPS) is 16.3. The molecule has 0 spiro atoms. The zero-order valence-electron chi connectivity index (χ0n) is 10.5. The molecule has 0 aromatic carbocycles. The molecule has 1 N–H and O–H groups in total. The number of likely N-dealkylation sites (tertiary alicyclic amines) is 1. The number of anilines is 1. The third kappa shape index (κ3) is 3.74. The lowest BCUT2D eigenvalue weighted by atomic mass is 10.1. The van der Waals surface area contributed by atoms with Crippen LogP contribution >= 0.6 is 11.6 Å². The van der Waals surface area contributed by atoms with Crippen LogP contribution in [0.1, 0.15) is 19.3 Å². The number of nitrogens with one attached hydrogen (secondary N) is 1. The van der Waals surface area contributed by atoms with Gasteiger partial charge in [-0.15, -0.1) is 0 Å². The summed E-state index contributed by atoms with van der Waals surface area (Å²) in [7, 11) is 0. The highest BCUT2D eigenvalue weighted by molar-refractivity contribution is 6.31. The van der Waals surface area contributed by atoms with Crippen molar-refractivity contribution in [3.8, 4) is 0 Å². The van der Waals surface area contributed by atoms with Crippen molar-refractivity contribution in [3.63, 3.8) is 0 Å². The molecule has 0 saturated carbocycles. The van der Waals surface area contributed by atoms with Crippen LogP contribution in [0.2, 0.25) is 5.15 Å². The summed E-state index contributed by atoms with van der Waals surface area (Å²) in [5.41, 5.74) is -0.261. The fourth-order valence-corrected chi connectivity index (χ4v) is 2.37. The van der Waals surface area contributed by atoms with E-state index in [0.29, 0.717) is 6.54 Å².